The first-order valence-corrected chi connectivity index (χ1v) is 8.59. The minimum absolute atomic E-state index is 0.0187. The van der Waals surface area contributed by atoms with Crippen molar-refractivity contribution in [3.05, 3.63) is 54.2 Å². The Labute approximate surface area is 142 Å². The predicted molar refractivity (Wildman–Crippen MR) is 96.4 cm³/mol. The van der Waals surface area contributed by atoms with Crippen LogP contribution in [0.2, 0.25) is 0 Å². The van der Waals surface area contributed by atoms with Crippen molar-refractivity contribution in [3.8, 4) is 0 Å². The largest absolute Gasteiger partial charge is 0.361 e. The maximum atomic E-state index is 12.3. The summed E-state index contributed by atoms with van der Waals surface area (Å²) in [5, 5.41) is 6.78. The van der Waals surface area contributed by atoms with Crippen molar-refractivity contribution >= 4 is 45.9 Å². The minimum Gasteiger partial charge on any atom is -0.361 e. The number of aromatic nitrogens is 1. The molecule has 3 aromatic rings. The Morgan fingerprint density at radius 3 is 3.00 bits per heavy atom. The van der Waals surface area contributed by atoms with Crippen molar-refractivity contribution in [3.63, 3.8) is 0 Å². The number of aromatic amines is 1. The van der Waals surface area contributed by atoms with Crippen molar-refractivity contribution in [2.45, 2.75) is 11.3 Å². The fraction of sp³-hybridized carbons (Fsp3) is 0.111. The minimum atomic E-state index is -0.0884. The third-order valence-electron chi connectivity index (χ3n) is 3.92. The summed E-state index contributed by atoms with van der Waals surface area (Å²) in [6.07, 6.45) is 2.16. The van der Waals surface area contributed by atoms with Gasteiger partial charge >= 0.3 is 0 Å². The standard InChI is InChI=1S/C18H15N3O2S/c22-17(7-11-9-19-14-4-2-1-3-13(11)14)20-12-5-6-16-15(8-12)21-18(23)10-24-16/h1-6,8-9,19H,7,10H2,(H,20,22)(H,21,23). The average Bonchev–Trinajstić information content (AvgIpc) is 2.97. The summed E-state index contributed by atoms with van der Waals surface area (Å²) in [6.45, 7) is 0. The van der Waals surface area contributed by atoms with Gasteiger partial charge in [0.2, 0.25) is 11.8 Å². The van der Waals surface area contributed by atoms with E-state index in [2.05, 4.69) is 15.6 Å². The lowest BCUT2D eigenvalue weighted by Crippen LogP contribution is -2.19. The number of anilines is 2. The monoisotopic (exact) mass is 337 g/mol. The SMILES string of the molecule is O=C(Cc1c[nH]c2ccccc12)Nc1ccc2c(c1)NC(=O)CS2. The van der Waals surface area contributed by atoms with Gasteiger partial charge in [-0.1, -0.05) is 18.2 Å². The first-order valence-electron chi connectivity index (χ1n) is 7.60. The Kier molecular flexibility index (Phi) is 3.74. The molecule has 3 N–H and O–H groups in total. The molecule has 2 aromatic carbocycles. The lowest BCUT2D eigenvalue weighted by molar-refractivity contribution is -0.115. The van der Waals surface area contributed by atoms with Gasteiger partial charge in [-0.2, -0.15) is 0 Å². The second kappa shape index (κ2) is 6.05. The van der Waals surface area contributed by atoms with Gasteiger partial charge < -0.3 is 15.6 Å². The number of carbonyl (C=O) groups is 2. The molecule has 0 saturated carbocycles. The van der Waals surface area contributed by atoms with Crippen LogP contribution in [-0.4, -0.2) is 22.6 Å². The van der Waals surface area contributed by atoms with E-state index in [1.54, 1.807) is 6.07 Å². The van der Waals surface area contributed by atoms with Crippen LogP contribution >= 0.6 is 11.8 Å². The Bertz CT molecular complexity index is 948. The molecule has 24 heavy (non-hydrogen) atoms. The van der Waals surface area contributed by atoms with E-state index in [1.807, 2.05) is 42.6 Å². The Balaban J connectivity index is 1.50. The summed E-state index contributed by atoms with van der Waals surface area (Å²) < 4.78 is 0. The molecule has 1 aliphatic rings. The quantitative estimate of drug-likeness (QED) is 0.686. The van der Waals surface area contributed by atoms with Gasteiger partial charge in [0, 0.05) is 27.7 Å². The van der Waals surface area contributed by atoms with E-state index in [-0.39, 0.29) is 11.8 Å². The normalized spacial score (nSPS) is 13.4. The van der Waals surface area contributed by atoms with Gasteiger partial charge in [0.1, 0.15) is 0 Å². The highest BCUT2D eigenvalue weighted by Gasteiger charge is 2.16. The molecule has 0 aliphatic carbocycles. The van der Waals surface area contributed by atoms with Crippen molar-refractivity contribution in [2.75, 3.05) is 16.4 Å². The Morgan fingerprint density at radius 1 is 1.21 bits per heavy atom. The maximum Gasteiger partial charge on any atom is 0.234 e. The number of benzene rings is 2. The van der Waals surface area contributed by atoms with Crippen molar-refractivity contribution in [1.29, 1.82) is 0 Å². The molecule has 0 bridgehead atoms. The number of carbonyl (C=O) groups excluding carboxylic acids is 2. The lowest BCUT2D eigenvalue weighted by atomic mass is 10.1. The summed E-state index contributed by atoms with van der Waals surface area (Å²) in [4.78, 5) is 28.0. The zero-order valence-electron chi connectivity index (χ0n) is 12.8. The summed E-state index contributed by atoms with van der Waals surface area (Å²) in [7, 11) is 0. The molecule has 5 nitrogen and oxygen atoms in total. The molecule has 0 unspecified atom stereocenters. The van der Waals surface area contributed by atoms with Crippen molar-refractivity contribution in [2.24, 2.45) is 0 Å². The van der Waals surface area contributed by atoms with E-state index in [0.717, 1.165) is 27.0 Å². The number of thioether (sulfide) groups is 1. The van der Waals surface area contributed by atoms with Crippen molar-refractivity contribution < 1.29 is 9.59 Å². The highest BCUT2D eigenvalue weighted by molar-refractivity contribution is 8.00. The van der Waals surface area contributed by atoms with E-state index in [4.69, 9.17) is 0 Å². The van der Waals surface area contributed by atoms with Gasteiger partial charge in [-0.25, -0.2) is 0 Å². The molecule has 4 rings (SSSR count). The van der Waals surface area contributed by atoms with Crippen LogP contribution in [0.4, 0.5) is 11.4 Å². The summed E-state index contributed by atoms with van der Waals surface area (Å²) in [6, 6.07) is 13.5. The molecule has 0 spiro atoms. The Hall–Kier alpha value is -2.73. The van der Waals surface area contributed by atoms with Gasteiger partial charge in [-0.3, -0.25) is 9.59 Å². The van der Waals surface area contributed by atoms with Crippen molar-refractivity contribution in [1.82, 2.24) is 4.98 Å². The van der Waals surface area contributed by atoms with Gasteiger partial charge in [0.25, 0.3) is 0 Å². The van der Waals surface area contributed by atoms with Crippen LogP contribution in [0.15, 0.2) is 53.6 Å². The molecule has 1 aliphatic heterocycles. The van der Waals surface area contributed by atoms with Gasteiger partial charge in [0.05, 0.1) is 17.9 Å². The van der Waals surface area contributed by atoms with Crippen LogP contribution < -0.4 is 10.6 Å². The molecule has 1 aromatic heterocycles. The number of rotatable bonds is 3. The molecule has 0 atom stereocenters. The molecular formula is C18H15N3O2S. The van der Waals surface area contributed by atoms with Gasteiger partial charge in [0.15, 0.2) is 0 Å². The summed E-state index contributed by atoms with van der Waals surface area (Å²) >= 11 is 1.50. The molecular weight excluding hydrogens is 322 g/mol. The fourth-order valence-corrected chi connectivity index (χ4v) is 3.61. The predicted octanol–water partition coefficient (Wildman–Crippen LogP) is 3.39. The fourth-order valence-electron chi connectivity index (χ4n) is 2.82. The number of hydrogen-bond donors (Lipinski definition) is 3. The smallest absolute Gasteiger partial charge is 0.234 e. The van der Waals surface area contributed by atoms with E-state index in [0.29, 0.717) is 17.9 Å². The zero-order chi connectivity index (χ0) is 16.5. The first-order chi connectivity index (χ1) is 11.7. The number of amides is 2. The van der Waals surface area contributed by atoms with Crippen LogP contribution in [0.25, 0.3) is 10.9 Å². The zero-order valence-corrected chi connectivity index (χ0v) is 13.6. The topological polar surface area (TPSA) is 74.0 Å². The Morgan fingerprint density at radius 2 is 2.08 bits per heavy atom. The number of nitrogens with one attached hydrogen (secondary N) is 3. The molecule has 0 saturated heterocycles. The maximum absolute atomic E-state index is 12.3. The second-order valence-electron chi connectivity index (χ2n) is 5.63. The highest BCUT2D eigenvalue weighted by atomic mass is 32.2. The first kappa shape index (κ1) is 14.8. The number of hydrogen-bond acceptors (Lipinski definition) is 3. The second-order valence-corrected chi connectivity index (χ2v) is 6.65. The molecule has 0 radical (unpaired) electrons. The van der Waals surface area contributed by atoms with Gasteiger partial charge in [-0.05, 0) is 29.8 Å². The van der Waals surface area contributed by atoms with E-state index < -0.39 is 0 Å². The van der Waals surface area contributed by atoms with Crippen LogP contribution in [0.1, 0.15) is 5.56 Å². The molecule has 0 fully saturated rings. The van der Waals surface area contributed by atoms with Gasteiger partial charge in [-0.15, -0.1) is 11.8 Å². The molecule has 2 amide bonds. The van der Waals surface area contributed by atoms with Crippen LogP contribution in [0.5, 0.6) is 0 Å². The third kappa shape index (κ3) is 2.88. The number of fused-ring (bicyclic) bond motifs is 2. The molecule has 120 valence electrons. The van der Waals surface area contributed by atoms with E-state index in [1.165, 1.54) is 11.8 Å². The molecule has 6 heteroatoms. The van der Waals surface area contributed by atoms with Crippen LogP contribution in [0.3, 0.4) is 0 Å². The summed E-state index contributed by atoms with van der Waals surface area (Å²) in [5.41, 5.74) is 3.42. The van der Waals surface area contributed by atoms with Crippen LogP contribution in [-0.2, 0) is 16.0 Å². The van der Waals surface area contributed by atoms with E-state index in [9.17, 15) is 9.59 Å². The van der Waals surface area contributed by atoms with Crippen LogP contribution in [0, 0.1) is 0 Å². The number of H-pyrrole nitrogens is 1. The third-order valence-corrected chi connectivity index (χ3v) is 5.00. The lowest BCUT2D eigenvalue weighted by Gasteiger charge is -2.17. The highest BCUT2D eigenvalue weighted by Crippen LogP contribution is 2.33. The van der Waals surface area contributed by atoms with E-state index >= 15 is 0 Å². The summed E-state index contributed by atoms with van der Waals surface area (Å²) in [5.74, 6) is 0.323. The molecule has 2 heterocycles. The number of para-hydroxylation sites is 1. The average molecular weight is 337 g/mol.